The van der Waals surface area contributed by atoms with E-state index in [2.05, 4.69) is 0 Å². The van der Waals surface area contributed by atoms with Crippen LogP contribution in [-0.4, -0.2) is 13.4 Å². The second-order valence-electron chi connectivity index (χ2n) is 0.495. The van der Waals surface area contributed by atoms with Crippen LogP contribution in [0.2, 0.25) is 0 Å². The van der Waals surface area contributed by atoms with Crippen LogP contribution in [0.1, 0.15) is 0 Å². The van der Waals surface area contributed by atoms with Gasteiger partial charge in [-0.3, -0.25) is 0 Å². The van der Waals surface area contributed by atoms with Crippen molar-refractivity contribution < 1.29 is 45.8 Å². The predicted molar refractivity (Wildman–Crippen MR) is 14.2 cm³/mol. The third-order valence-corrected chi connectivity index (χ3v) is 0. The fourth-order valence-electron chi connectivity index (χ4n) is 0. The first-order valence-electron chi connectivity index (χ1n) is 1.31. The van der Waals surface area contributed by atoms with Gasteiger partial charge in [-0.15, -0.1) is 0 Å². The summed E-state index contributed by atoms with van der Waals surface area (Å²) < 4.78 is 58.0. The van der Waals surface area contributed by atoms with E-state index in [1.54, 1.807) is 0 Å². The molecule has 0 atom stereocenters. The molecule has 0 amide bonds. The molecular weight excluding hydrogens is 239 g/mol. The van der Waals surface area contributed by atoms with Crippen LogP contribution in [0.3, 0.4) is 0 Å². The van der Waals surface area contributed by atoms with Crippen LogP contribution >= 0.6 is 0 Å². The van der Waals surface area contributed by atoms with Crippen molar-refractivity contribution in [2.45, 2.75) is 13.4 Å². The van der Waals surface area contributed by atoms with Gasteiger partial charge in [-0.25, -0.2) is 0 Å². The first-order chi connectivity index (χ1) is 3.46. The molecule has 0 aromatic carbocycles. The number of halogens is 6. The molecule has 0 aliphatic carbocycles. The molecule has 9 heavy (non-hydrogen) atoms. The Kier molecular flexibility index (Phi) is 19.8. The van der Waals surface area contributed by atoms with Crippen molar-refractivity contribution in [1.82, 2.24) is 0 Å². The van der Waals surface area contributed by atoms with Crippen LogP contribution < -0.4 is 0 Å². The average Bonchev–Trinajstić information content (AvgIpc) is 1.25. The van der Waals surface area contributed by atoms with E-state index in [9.17, 15) is 26.3 Å². The molecule has 0 radical (unpaired) electrons. The van der Waals surface area contributed by atoms with E-state index in [1.807, 2.05) is 0 Å². The zero-order chi connectivity index (χ0) is 7.15. The molecule has 0 unspecified atom stereocenters. The van der Waals surface area contributed by atoms with E-state index in [0.29, 0.717) is 0 Å². The van der Waals surface area contributed by atoms with Gasteiger partial charge in [0.05, 0.1) is 0 Å². The summed E-state index contributed by atoms with van der Waals surface area (Å²) in [6, 6.07) is 0. The van der Waals surface area contributed by atoms with Gasteiger partial charge in [0, 0.05) is 19.5 Å². The van der Waals surface area contributed by atoms with Gasteiger partial charge in [0.25, 0.3) is 0 Å². The third kappa shape index (κ3) is 7630. The predicted octanol–water partition coefficient (Wildman–Crippen LogP) is 2.35. The third-order valence-electron chi connectivity index (χ3n) is 0. The van der Waals surface area contributed by atoms with Crippen molar-refractivity contribution in [3.8, 4) is 0 Å². The van der Waals surface area contributed by atoms with E-state index in [1.165, 1.54) is 0 Å². The minimum Gasteiger partial charge on any atom is -0.174 e. The molecule has 0 rings (SSSR count). The Morgan fingerprint density at radius 3 is 0.556 bits per heavy atom. The maximum absolute atomic E-state index is 9.67. The number of alkyl halides is 6. The molecule has 0 nitrogen and oxygen atoms in total. The second kappa shape index (κ2) is 11.1. The summed E-state index contributed by atoms with van der Waals surface area (Å²) in [5, 5.41) is 0. The average molecular weight is 241 g/mol. The maximum atomic E-state index is 9.67. The normalized spacial score (nSPS) is 8.00. The van der Waals surface area contributed by atoms with Gasteiger partial charge in [-0.2, -0.15) is 26.3 Å². The fraction of sp³-hybridized carbons (Fsp3) is 1.00. The van der Waals surface area contributed by atoms with Crippen molar-refractivity contribution in [3.63, 3.8) is 0 Å². The van der Waals surface area contributed by atoms with Crippen LogP contribution in [-0.2, 0) is 19.5 Å². The van der Waals surface area contributed by atoms with E-state index >= 15 is 0 Å². The molecule has 0 saturated carbocycles. The Hall–Kier alpha value is 0.203. The van der Waals surface area contributed by atoms with Crippen molar-refractivity contribution in [1.29, 1.82) is 0 Å². The molecule has 0 saturated heterocycles. The summed E-state index contributed by atoms with van der Waals surface area (Å²) in [6.45, 7) is -7.33. The molecule has 0 N–H and O–H groups in total. The van der Waals surface area contributed by atoms with Crippen molar-refractivity contribution >= 4 is 0 Å². The molecule has 0 aliphatic heterocycles. The molecule has 0 fully saturated rings. The summed E-state index contributed by atoms with van der Waals surface area (Å²) >= 11 is 0. The van der Waals surface area contributed by atoms with Crippen LogP contribution in [0.4, 0.5) is 26.3 Å². The first kappa shape index (κ1) is 16.1. The number of rotatable bonds is 0. The Morgan fingerprint density at radius 2 is 0.556 bits per heavy atom. The van der Waals surface area contributed by atoms with E-state index < -0.39 is 13.4 Å². The van der Waals surface area contributed by atoms with Gasteiger partial charge >= 0.3 is 13.4 Å². The summed E-state index contributed by atoms with van der Waals surface area (Å²) in [7, 11) is 0. The Bertz CT molecular complexity index is 26.5. The standard InChI is InChI=1S/2CHF3.Ru/c2*2-1(3)4;/h2*1H;. The minimum atomic E-state index is -3.67. The largest absolute Gasteiger partial charge is 0.379 e. The SMILES string of the molecule is FC(F)F.FC(F)F.[Ru]. The Balaban J connectivity index is -0.0000000720. The maximum Gasteiger partial charge on any atom is 0.379 e. The molecule has 0 aromatic rings. The zero-order valence-electron chi connectivity index (χ0n) is 3.78. The topological polar surface area (TPSA) is 0 Å². The van der Waals surface area contributed by atoms with Crippen molar-refractivity contribution in [2.24, 2.45) is 0 Å². The van der Waals surface area contributed by atoms with Gasteiger partial charge in [-0.1, -0.05) is 0 Å². The van der Waals surface area contributed by atoms with E-state index in [4.69, 9.17) is 0 Å². The van der Waals surface area contributed by atoms with Gasteiger partial charge in [0.2, 0.25) is 0 Å². The number of hydrogen-bond donors (Lipinski definition) is 0. The van der Waals surface area contributed by atoms with Gasteiger partial charge in [0.15, 0.2) is 0 Å². The molecule has 0 aromatic heterocycles. The van der Waals surface area contributed by atoms with Gasteiger partial charge < -0.3 is 0 Å². The number of hydrogen-bond acceptors (Lipinski definition) is 0. The van der Waals surface area contributed by atoms with Crippen LogP contribution in [0.25, 0.3) is 0 Å². The molecular formula is C2H2F6Ru. The van der Waals surface area contributed by atoms with E-state index in [-0.39, 0.29) is 19.5 Å². The molecule has 0 bridgehead atoms. The van der Waals surface area contributed by atoms with Crippen LogP contribution in [0.5, 0.6) is 0 Å². The summed E-state index contributed by atoms with van der Waals surface area (Å²) in [4.78, 5) is 0. The smallest absolute Gasteiger partial charge is 0.174 e. The van der Waals surface area contributed by atoms with Gasteiger partial charge in [0.1, 0.15) is 0 Å². The summed E-state index contributed by atoms with van der Waals surface area (Å²) in [5.74, 6) is 0. The Morgan fingerprint density at radius 1 is 0.556 bits per heavy atom. The molecule has 60 valence electrons. The van der Waals surface area contributed by atoms with Crippen LogP contribution in [0.15, 0.2) is 0 Å². The van der Waals surface area contributed by atoms with Crippen LogP contribution in [0, 0.1) is 0 Å². The van der Waals surface area contributed by atoms with Crippen molar-refractivity contribution in [2.75, 3.05) is 0 Å². The summed E-state index contributed by atoms with van der Waals surface area (Å²) in [5.41, 5.74) is 0. The monoisotopic (exact) mass is 242 g/mol. The van der Waals surface area contributed by atoms with Gasteiger partial charge in [-0.05, 0) is 0 Å². The molecule has 0 aliphatic rings. The molecule has 7 heteroatoms. The minimum absolute atomic E-state index is 0. The molecule has 0 heterocycles. The first-order valence-corrected chi connectivity index (χ1v) is 1.31. The molecule has 0 spiro atoms. The Labute approximate surface area is 60.0 Å². The van der Waals surface area contributed by atoms with Crippen molar-refractivity contribution in [3.05, 3.63) is 0 Å². The quantitative estimate of drug-likeness (QED) is 0.451. The van der Waals surface area contributed by atoms with E-state index in [0.717, 1.165) is 0 Å². The second-order valence-corrected chi connectivity index (χ2v) is 0.495. The fourth-order valence-corrected chi connectivity index (χ4v) is 0. The zero-order valence-corrected chi connectivity index (χ0v) is 5.51. The summed E-state index contributed by atoms with van der Waals surface area (Å²) in [6.07, 6.45) is 0.